The average molecular weight is 719 g/mol. The van der Waals surface area contributed by atoms with E-state index in [1.807, 2.05) is 0 Å². The van der Waals surface area contributed by atoms with Crippen molar-refractivity contribution < 1.29 is 0 Å². The van der Waals surface area contributed by atoms with Crippen molar-refractivity contribution in [3.05, 3.63) is 204 Å². The summed E-state index contributed by atoms with van der Waals surface area (Å²) >= 11 is 0. The molecule has 0 spiro atoms. The van der Waals surface area contributed by atoms with Crippen molar-refractivity contribution in [3.63, 3.8) is 0 Å². The fraction of sp³-hybridized carbons (Fsp3) is 0.111. The molecule has 0 aliphatic heterocycles. The number of anilines is 3. The minimum atomic E-state index is -0.195. The molecule has 0 radical (unpaired) electrons. The van der Waals surface area contributed by atoms with E-state index in [2.05, 4.69) is 219 Å². The molecule has 2 aliphatic carbocycles. The van der Waals surface area contributed by atoms with Gasteiger partial charge in [-0.25, -0.2) is 0 Å². The number of nitrogens with zero attached hydrogens (tertiary/aromatic N) is 2. The minimum Gasteiger partial charge on any atom is -0.310 e. The third-order valence-corrected chi connectivity index (χ3v) is 12.8. The second-order valence-electron chi connectivity index (χ2n) is 16.5. The van der Waals surface area contributed by atoms with Crippen molar-refractivity contribution in [2.75, 3.05) is 4.90 Å². The maximum absolute atomic E-state index is 2.55. The van der Waals surface area contributed by atoms with Crippen molar-refractivity contribution in [3.8, 4) is 39.1 Å². The number of hydrogen-bond acceptors (Lipinski definition) is 1. The molecule has 56 heavy (non-hydrogen) atoms. The molecule has 0 atom stereocenters. The van der Waals surface area contributed by atoms with Gasteiger partial charge < -0.3 is 9.47 Å². The molecule has 0 saturated carbocycles. The Morgan fingerprint density at radius 3 is 1.79 bits per heavy atom. The summed E-state index contributed by atoms with van der Waals surface area (Å²) in [6, 6.07) is 67.5. The van der Waals surface area contributed by atoms with Gasteiger partial charge in [-0.3, -0.25) is 0 Å². The first-order valence-corrected chi connectivity index (χ1v) is 19.8. The lowest BCUT2D eigenvalue weighted by atomic mass is 9.81. The molecular weight excluding hydrogens is 677 g/mol. The first kappa shape index (κ1) is 32.8. The monoisotopic (exact) mass is 718 g/mol. The number of para-hydroxylation sites is 3. The van der Waals surface area contributed by atoms with Gasteiger partial charge in [0.25, 0.3) is 0 Å². The fourth-order valence-corrected chi connectivity index (χ4v) is 10.2. The summed E-state index contributed by atoms with van der Waals surface area (Å²) in [6.45, 7) is 9.50. The quantitative estimate of drug-likeness (QED) is 0.172. The second-order valence-corrected chi connectivity index (χ2v) is 16.5. The highest BCUT2D eigenvalue weighted by Crippen LogP contribution is 2.56. The largest absolute Gasteiger partial charge is 0.310 e. The smallest absolute Gasteiger partial charge is 0.0541 e. The molecule has 0 bridgehead atoms. The zero-order chi connectivity index (χ0) is 37.8. The van der Waals surface area contributed by atoms with Crippen molar-refractivity contribution in [1.82, 2.24) is 4.57 Å². The summed E-state index contributed by atoms with van der Waals surface area (Å²) in [6.07, 6.45) is 0. The molecule has 0 unspecified atom stereocenters. The van der Waals surface area contributed by atoms with Crippen LogP contribution in [-0.2, 0) is 10.8 Å². The van der Waals surface area contributed by atoms with Crippen LogP contribution in [0.2, 0.25) is 0 Å². The molecule has 11 rings (SSSR count). The van der Waals surface area contributed by atoms with E-state index in [1.165, 1.54) is 88.8 Å². The van der Waals surface area contributed by atoms with Gasteiger partial charge in [-0.2, -0.15) is 0 Å². The summed E-state index contributed by atoms with van der Waals surface area (Å²) in [4.78, 5) is 2.55. The molecule has 1 aromatic heterocycles. The maximum Gasteiger partial charge on any atom is 0.0541 e. The molecule has 1 heterocycles. The standard InChI is InChI=1S/C54H42N2/c1-53(2)45-24-12-9-21-40(45)43-34-37(30-31-47(43)53)56(51-28-16-23-42-39-20-8-13-25-46(39)54(3,4)52(42)51)48-26-14-10-19-38(48)35-29-32-50-44(33-35)41-22-11-15-27-49(41)55(50)36-17-6-5-7-18-36/h5-34H,1-4H3. The van der Waals surface area contributed by atoms with Crippen LogP contribution < -0.4 is 4.90 Å². The Balaban J connectivity index is 1.17. The van der Waals surface area contributed by atoms with Gasteiger partial charge in [-0.1, -0.05) is 155 Å². The van der Waals surface area contributed by atoms with Crippen LogP contribution in [0.3, 0.4) is 0 Å². The number of rotatable bonds is 5. The molecule has 2 aliphatic rings. The van der Waals surface area contributed by atoms with Gasteiger partial charge in [0, 0.05) is 38.5 Å². The number of benzene rings is 8. The Morgan fingerprint density at radius 1 is 0.393 bits per heavy atom. The molecule has 2 heteroatoms. The highest BCUT2D eigenvalue weighted by molar-refractivity contribution is 6.11. The summed E-state index contributed by atoms with van der Waals surface area (Å²) < 4.78 is 2.39. The Morgan fingerprint density at radius 2 is 0.982 bits per heavy atom. The number of hydrogen-bond donors (Lipinski definition) is 0. The van der Waals surface area contributed by atoms with Gasteiger partial charge in [-0.05, 0) is 105 Å². The first-order valence-electron chi connectivity index (χ1n) is 19.8. The molecule has 9 aromatic rings. The van der Waals surface area contributed by atoms with Crippen LogP contribution in [0.1, 0.15) is 49.9 Å². The Bertz CT molecular complexity index is 3030. The van der Waals surface area contributed by atoms with E-state index in [-0.39, 0.29) is 10.8 Å². The van der Waals surface area contributed by atoms with E-state index in [9.17, 15) is 0 Å². The summed E-state index contributed by atoms with van der Waals surface area (Å²) in [7, 11) is 0. The van der Waals surface area contributed by atoms with Crippen molar-refractivity contribution in [1.29, 1.82) is 0 Å². The molecule has 8 aromatic carbocycles. The molecule has 0 fully saturated rings. The molecule has 268 valence electrons. The molecule has 0 saturated heterocycles. The van der Waals surface area contributed by atoms with E-state index in [1.54, 1.807) is 0 Å². The summed E-state index contributed by atoms with van der Waals surface area (Å²) in [5.74, 6) is 0. The topological polar surface area (TPSA) is 8.17 Å². The van der Waals surface area contributed by atoms with Gasteiger partial charge in [-0.15, -0.1) is 0 Å². The zero-order valence-corrected chi connectivity index (χ0v) is 32.2. The fourth-order valence-electron chi connectivity index (χ4n) is 10.2. The van der Waals surface area contributed by atoms with Crippen molar-refractivity contribution >= 4 is 38.9 Å². The van der Waals surface area contributed by atoms with Crippen LogP contribution in [0.5, 0.6) is 0 Å². The molecule has 0 amide bonds. The van der Waals surface area contributed by atoms with E-state index in [4.69, 9.17) is 0 Å². The highest BCUT2D eigenvalue weighted by Gasteiger charge is 2.40. The van der Waals surface area contributed by atoms with Gasteiger partial charge in [0.1, 0.15) is 0 Å². The van der Waals surface area contributed by atoms with Crippen LogP contribution in [-0.4, -0.2) is 4.57 Å². The van der Waals surface area contributed by atoms with Crippen molar-refractivity contribution in [2.24, 2.45) is 0 Å². The third kappa shape index (κ3) is 4.56. The van der Waals surface area contributed by atoms with Crippen LogP contribution in [0.15, 0.2) is 182 Å². The predicted octanol–water partition coefficient (Wildman–Crippen LogP) is 14.5. The second kappa shape index (κ2) is 11.9. The molecular formula is C54H42N2. The normalized spacial score (nSPS) is 14.4. The third-order valence-electron chi connectivity index (χ3n) is 12.8. The van der Waals surface area contributed by atoms with Gasteiger partial charge in [0.05, 0.1) is 22.4 Å². The average Bonchev–Trinajstić information content (AvgIpc) is 3.78. The molecule has 2 nitrogen and oxygen atoms in total. The number of aromatic nitrogens is 1. The summed E-state index contributed by atoms with van der Waals surface area (Å²) in [5, 5.41) is 2.50. The lowest BCUT2D eigenvalue weighted by molar-refractivity contribution is 0.660. The van der Waals surface area contributed by atoms with Crippen LogP contribution >= 0.6 is 0 Å². The Kier molecular flexibility index (Phi) is 6.98. The SMILES string of the molecule is CC1(C)c2ccccc2-c2cc(N(c3ccccc3-c3ccc4c(c3)c3ccccc3n4-c3ccccc3)c3cccc4c3C(C)(C)c3ccccc3-4)ccc21. The zero-order valence-electron chi connectivity index (χ0n) is 32.2. The molecule has 0 N–H and O–H groups in total. The Labute approximate surface area is 328 Å². The van der Waals surface area contributed by atoms with E-state index in [0.29, 0.717) is 0 Å². The van der Waals surface area contributed by atoms with Crippen LogP contribution in [0.4, 0.5) is 17.1 Å². The maximum atomic E-state index is 2.55. The number of fused-ring (bicyclic) bond motifs is 9. The van der Waals surface area contributed by atoms with E-state index in [0.717, 1.165) is 11.4 Å². The van der Waals surface area contributed by atoms with E-state index >= 15 is 0 Å². The van der Waals surface area contributed by atoms with Gasteiger partial charge >= 0.3 is 0 Å². The predicted molar refractivity (Wildman–Crippen MR) is 236 cm³/mol. The van der Waals surface area contributed by atoms with Gasteiger partial charge in [0.15, 0.2) is 0 Å². The lowest BCUT2D eigenvalue weighted by Crippen LogP contribution is -2.21. The van der Waals surface area contributed by atoms with Gasteiger partial charge in [0.2, 0.25) is 0 Å². The van der Waals surface area contributed by atoms with Crippen LogP contribution in [0, 0.1) is 0 Å². The van der Waals surface area contributed by atoms with Crippen LogP contribution in [0.25, 0.3) is 60.9 Å². The minimum absolute atomic E-state index is 0.0703. The highest BCUT2D eigenvalue weighted by atomic mass is 15.1. The summed E-state index contributed by atoms with van der Waals surface area (Å²) in [5.41, 5.74) is 20.0. The van der Waals surface area contributed by atoms with E-state index < -0.39 is 0 Å². The first-order chi connectivity index (χ1) is 27.3. The lowest BCUT2D eigenvalue weighted by Gasteiger charge is -2.34. The Hall–Kier alpha value is -6.64. The van der Waals surface area contributed by atoms with Crippen molar-refractivity contribution in [2.45, 2.75) is 38.5 Å².